The third-order valence-electron chi connectivity index (χ3n) is 11.3. The Morgan fingerprint density at radius 1 is 0.900 bits per heavy atom. The summed E-state index contributed by atoms with van der Waals surface area (Å²) in [6, 6.07) is 0. The van der Waals surface area contributed by atoms with Crippen molar-refractivity contribution in [1.82, 2.24) is 0 Å². The highest BCUT2D eigenvalue weighted by molar-refractivity contribution is 5.15. The molecule has 0 N–H and O–H groups in total. The molecule has 8 atom stereocenters. The highest BCUT2D eigenvalue weighted by atomic mass is 14.6. The van der Waals surface area contributed by atoms with Crippen LogP contribution in [0.25, 0.3) is 0 Å². The van der Waals surface area contributed by atoms with Crippen LogP contribution < -0.4 is 0 Å². The number of fused-ring (bicyclic) bond motifs is 5. The van der Waals surface area contributed by atoms with E-state index >= 15 is 0 Å². The molecule has 0 nitrogen and oxygen atoms in total. The van der Waals surface area contributed by atoms with Gasteiger partial charge in [0, 0.05) is 0 Å². The summed E-state index contributed by atoms with van der Waals surface area (Å²) in [5.41, 5.74) is 3.11. The standard InChI is InChI=1S/C30H52/c1-7-9-23-16-18-29(5)24(20-23)12-13-25-27-15-14-26(22(4)11-8-10-21(2)3)30(27,6)19-17-28(25)29/h9,21-22,24-28H,7-8,10-20H2,1-6H3/t22-,24+,25+,26-,27+,28+,29+,30-/m1/s1. The van der Waals surface area contributed by atoms with E-state index in [9.17, 15) is 0 Å². The number of rotatable bonds is 6. The molecular formula is C30H52. The highest BCUT2D eigenvalue weighted by Gasteiger charge is 2.60. The summed E-state index contributed by atoms with van der Waals surface area (Å²) in [7, 11) is 0. The first-order valence-corrected chi connectivity index (χ1v) is 14.0. The van der Waals surface area contributed by atoms with Crippen LogP contribution in [0.2, 0.25) is 0 Å². The molecule has 0 saturated heterocycles. The molecule has 30 heavy (non-hydrogen) atoms. The minimum Gasteiger partial charge on any atom is -0.0856 e. The average molecular weight is 413 g/mol. The van der Waals surface area contributed by atoms with Gasteiger partial charge in [-0.1, -0.05) is 72.5 Å². The number of hydrogen-bond donors (Lipinski definition) is 0. The second kappa shape index (κ2) is 8.94. The Hall–Kier alpha value is -0.260. The Kier molecular flexibility index (Phi) is 6.83. The molecule has 0 aromatic rings. The van der Waals surface area contributed by atoms with Gasteiger partial charge in [-0.3, -0.25) is 0 Å². The summed E-state index contributed by atoms with van der Waals surface area (Å²) in [6.45, 7) is 15.2. The lowest BCUT2D eigenvalue weighted by atomic mass is 9.44. The van der Waals surface area contributed by atoms with Gasteiger partial charge in [-0.05, 0) is 116 Å². The van der Waals surface area contributed by atoms with E-state index in [-0.39, 0.29) is 0 Å². The number of allylic oxidation sites excluding steroid dienone is 2. The van der Waals surface area contributed by atoms with E-state index in [4.69, 9.17) is 0 Å². The molecule has 0 aromatic heterocycles. The van der Waals surface area contributed by atoms with Crippen molar-refractivity contribution >= 4 is 0 Å². The summed E-state index contributed by atoms with van der Waals surface area (Å²) in [5, 5.41) is 0. The Morgan fingerprint density at radius 3 is 2.40 bits per heavy atom. The monoisotopic (exact) mass is 412 g/mol. The van der Waals surface area contributed by atoms with E-state index in [1.165, 1.54) is 64.2 Å². The SMILES string of the molecule is CCC=C1CC[C@@]2(C)[C@@H](CC[C@@H]3[C@@H]2CC[C@]2(C)[C@@H]([C@H](C)CCCC(C)C)CC[C@@H]32)C1. The second-order valence-corrected chi connectivity index (χ2v) is 13.2. The summed E-state index contributed by atoms with van der Waals surface area (Å²) in [4.78, 5) is 0. The largest absolute Gasteiger partial charge is 0.0856 e. The van der Waals surface area contributed by atoms with Crippen molar-refractivity contribution in [1.29, 1.82) is 0 Å². The fourth-order valence-corrected chi connectivity index (χ4v) is 9.61. The van der Waals surface area contributed by atoms with Crippen LogP contribution in [0.4, 0.5) is 0 Å². The summed E-state index contributed by atoms with van der Waals surface area (Å²) >= 11 is 0. The molecular weight excluding hydrogens is 360 g/mol. The summed E-state index contributed by atoms with van der Waals surface area (Å²) in [5.74, 6) is 6.94. The number of hydrogen-bond acceptors (Lipinski definition) is 0. The molecule has 0 bridgehead atoms. The van der Waals surface area contributed by atoms with Crippen molar-refractivity contribution in [3.8, 4) is 0 Å². The van der Waals surface area contributed by atoms with Gasteiger partial charge in [0.2, 0.25) is 0 Å². The minimum atomic E-state index is 0.649. The summed E-state index contributed by atoms with van der Waals surface area (Å²) in [6.07, 6.45) is 21.7. The van der Waals surface area contributed by atoms with Crippen molar-refractivity contribution in [3.63, 3.8) is 0 Å². The summed E-state index contributed by atoms with van der Waals surface area (Å²) < 4.78 is 0. The Bertz CT molecular complexity index is 614. The lowest BCUT2D eigenvalue weighted by molar-refractivity contribution is -0.109. The van der Waals surface area contributed by atoms with Crippen LogP contribution in [0, 0.1) is 52.3 Å². The zero-order chi connectivity index (χ0) is 21.5. The fraction of sp³-hybridized carbons (Fsp3) is 0.933. The molecule has 0 radical (unpaired) electrons. The molecule has 4 aliphatic carbocycles. The van der Waals surface area contributed by atoms with Crippen LogP contribution in [0.5, 0.6) is 0 Å². The minimum absolute atomic E-state index is 0.649. The average Bonchev–Trinajstić information content (AvgIpc) is 3.05. The van der Waals surface area contributed by atoms with Gasteiger partial charge in [0.1, 0.15) is 0 Å². The van der Waals surface area contributed by atoms with Gasteiger partial charge in [0.25, 0.3) is 0 Å². The van der Waals surface area contributed by atoms with Crippen molar-refractivity contribution in [3.05, 3.63) is 11.6 Å². The van der Waals surface area contributed by atoms with Crippen LogP contribution >= 0.6 is 0 Å². The molecule has 4 saturated carbocycles. The maximum Gasteiger partial charge on any atom is -0.0260 e. The normalized spacial score (nSPS) is 45.8. The highest BCUT2D eigenvalue weighted by Crippen LogP contribution is 2.68. The topological polar surface area (TPSA) is 0 Å². The van der Waals surface area contributed by atoms with Crippen LogP contribution in [0.3, 0.4) is 0 Å². The van der Waals surface area contributed by atoms with Crippen molar-refractivity contribution in [2.45, 2.75) is 125 Å². The fourth-order valence-electron chi connectivity index (χ4n) is 9.61. The predicted octanol–water partition coefficient (Wildman–Crippen LogP) is 9.44. The van der Waals surface area contributed by atoms with Gasteiger partial charge >= 0.3 is 0 Å². The quantitative estimate of drug-likeness (QED) is 0.381. The predicted molar refractivity (Wildman–Crippen MR) is 131 cm³/mol. The van der Waals surface area contributed by atoms with Crippen LogP contribution in [0.1, 0.15) is 125 Å². The van der Waals surface area contributed by atoms with Gasteiger partial charge in [-0.25, -0.2) is 0 Å². The van der Waals surface area contributed by atoms with Gasteiger partial charge in [-0.2, -0.15) is 0 Å². The Balaban J connectivity index is 1.45. The van der Waals surface area contributed by atoms with E-state index in [2.05, 4.69) is 47.6 Å². The molecule has 4 fully saturated rings. The van der Waals surface area contributed by atoms with E-state index in [0.29, 0.717) is 10.8 Å². The molecule has 0 heterocycles. The molecule has 0 spiro atoms. The zero-order valence-electron chi connectivity index (χ0n) is 21.3. The molecule has 0 amide bonds. The van der Waals surface area contributed by atoms with Gasteiger partial charge < -0.3 is 0 Å². The van der Waals surface area contributed by atoms with E-state index in [1.807, 2.05) is 0 Å². The molecule has 0 heteroatoms. The van der Waals surface area contributed by atoms with Crippen molar-refractivity contribution < 1.29 is 0 Å². The third-order valence-corrected chi connectivity index (χ3v) is 11.3. The van der Waals surface area contributed by atoms with E-state index in [0.717, 1.165) is 41.4 Å². The molecule has 172 valence electrons. The van der Waals surface area contributed by atoms with Crippen molar-refractivity contribution in [2.24, 2.45) is 52.3 Å². The maximum absolute atomic E-state index is 2.75. The molecule has 0 unspecified atom stereocenters. The van der Waals surface area contributed by atoms with E-state index in [1.54, 1.807) is 24.8 Å². The second-order valence-electron chi connectivity index (χ2n) is 13.2. The Morgan fingerprint density at radius 2 is 1.67 bits per heavy atom. The van der Waals surface area contributed by atoms with Crippen LogP contribution in [-0.2, 0) is 0 Å². The maximum atomic E-state index is 2.75. The first-order valence-electron chi connectivity index (χ1n) is 14.0. The Labute approximate surface area is 189 Å². The molecule has 4 aliphatic rings. The van der Waals surface area contributed by atoms with Gasteiger partial charge in [0.15, 0.2) is 0 Å². The lowest BCUT2D eigenvalue weighted by Gasteiger charge is -2.61. The molecule has 0 aliphatic heterocycles. The molecule has 0 aromatic carbocycles. The lowest BCUT2D eigenvalue weighted by Crippen LogP contribution is -2.53. The van der Waals surface area contributed by atoms with Gasteiger partial charge in [-0.15, -0.1) is 0 Å². The van der Waals surface area contributed by atoms with Crippen LogP contribution in [-0.4, -0.2) is 0 Å². The first kappa shape index (κ1) is 22.9. The first-order chi connectivity index (χ1) is 14.3. The van der Waals surface area contributed by atoms with Crippen molar-refractivity contribution in [2.75, 3.05) is 0 Å². The van der Waals surface area contributed by atoms with E-state index < -0.39 is 0 Å². The zero-order valence-corrected chi connectivity index (χ0v) is 21.3. The third kappa shape index (κ3) is 3.96. The molecule has 4 rings (SSSR count). The smallest absolute Gasteiger partial charge is 0.0260 e. The van der Waals surface area contributed by atoms with Gasteiger partial charge in [0.05, 0.1) is 0 Å². The van der Waals surface area contributed by atoms with Crippen LogP contribution in [0.15, 0.2) is 11.6 Å².